The Balaban J connectivity index is 1.84. The van der Waals surface area contributed by atoms with E-state index < -0.39 is 23.8 Å². The predicted molar refractivity (Wildman–Crippen MR) is 122 cm³/mol. The van der Waals surface area contributed by atoms with E-state index in [4.69, 9.17) is 14.2 Å². The Morgan fingerprint density at radius 3 is 2.47 bits per heavy atom. The quantitative estimate of drug-likeness (QED) is 0.710. The number of nitrogens with zero attached hydrogens (tertiary/aromatic N) is 1. The maximum atomic E-state index is 13.1. The first kappa shape index (κ1) is 23.4. The van der Waals surface area contributed by atoms with E-state index in [0.29, 0.717) is 13.0 Å². The molecule has 0 spiro atoms. The third-order valence-corrected chi connectivity index (χ3v) is 5.40. The van der Waals surface area contributed by atoms with Crippen molar-refractivity contribution in [1.82, 2.24) is 10.2 Å². The van der Waals surface area contributed by atoms with Crippen LogP contribution in [0, 0.1) is 6.92 Å². The molecule has 0 saturated carbocycles. The van der Waals surface area contributed by atoms with Crippen LogP contribution in [0.15, 0.2) is 48.5 Å². The molecule has 2 atom stereocenters. The summed E-state index contributed by atoms with van der Waals surface area (Å²) >= 11 is 0. The van der Waals surface area contributed by atoms with Gasteiger partial charge in [0.15, 0.2) is 0 Å². The molecule has 1 saturated heterocycles. The van der Waals surface area contributed by atoms with Crippen molar-refractivity contribution in [2.75, 3.05) is 13.7 Å². The highest BCUT2D eigenvalue weighted by atomic mass is 16.6. The second-order valence-corrected chi connectivity index (χ2v) is 8.89. The van der Waals surface area contributed by atoms with Gasteiger partial charge in [-0.3, -0.25) is 4.90 Å². The summed E-state index contributed by atoms with van der Waals surface area (Å²) in [6.07, 6.45) is -0.344. The zero-order valence-corrected chi connectivity index (χ0v) is 19.4. The number of rotatable bonds is 5. The summed E-state index contributed by atoms with van der Waals surface area (Å²) in [6.45, 7) is 8.04. The summed E-state index contributed by atoms with van der Waals surface area (Å²) in [6, 6.07) is 14.5. The van der Waals surface area contributed by atoms with Crippen molar-refractivity contribution in [3.63, 3.8) is 0 Å². The van der Waals surface area contributed by atoms with E-state index in [-0.39, 0.29) is 12.6 Å². The van der Waals surface area contributed by atoms with Crippen LogP contribution in [-0.2, 0) is 16.1 Å². The number of amides is 2. The maximum Gasteiger partial charge on any atom is 0.410 e. The average molecular weight is 441 g/mol. The third-order valence-electron chi connectivity index (χ3n) is 5.40. The molecule has 1 N–H and O–H groups in total. The van der Waals surface area contributed by atoms with Gasteiger partial charge in [0, 0.05) is 6.54 Å². The molecule has 1 fully saturated rings. The molecule has 1 aliphatic heterocycles. The van der Waals surface area contributed by atoms with E-state index in [1.54, 1.807) is 12.0 Å². The number of nitrogens with one attached hydrogen (secondary N) is 1. The highest BCUT2D eigenvalue weighted by Gasteiger charge is 2.41. The van der Waals surface area contributed by atoms with Crippen LogP contribution >= 0.6 is 0 Å². The van der Waals surface area contributed by atoms with Crippen molar-refractivity contribution in [3.8, 4) is 5.75 Å². The molecular formula is C25H32N2O5. The monoisotopic (exact) mass is 440 g/mol. The van der Waals surface area contributed by atoms with E-state index in [0.717, 1.165) is 22.4 Å². The minimum absolute atomic E-state index is 0.185. The summed E-state index contributed by atoms with van der Waals surface area (Å²) in [7, 11) is 1.61. The first-order chi connectivity index (χ1) is 15.2. The fraction of sp³-hybridized carbons (Fsp3) is 0.440. The number of methoxy groups -OCH3 is 1. The van der Waals surface area contributed by atoms with Crippen LogP contribution in [0.1, 0.15) is 49.9 Å². The molecule has 2 aromatic carbocycles. The lowest BCUT2D eigenvalue weighted by atomic mass is 9.95. The molecule has 1 aliphatic rings. The normalized spacial score (nSPS) is 18.2. The van der Waals surface area contributed by atoms with Crippen molar-refractivity contribution in [2.24, 2.45) is 0 Å². The number of alkyl carbamates (subject to hydrolysis) is 1. The van der Waals surface area contributed by atoms with Crippen molar-refractivity contribution in [3.05, 3.63) is 65.2 Å². The van der Waals surface area contributed by atoms with Crippen molar-refractivity contribution in [2.45, 2.75) is 58.4 Å². The molecule has 0 aromatic heterocycles. The van der Waals surface area contributed by atoms with Crippen LogP contribution in [-0.4, -0.2) is 42.4 Å². The fourth-order valence-corrected chi connectivity index (χ4v) is 3.97. The van der Waals surface area contributed by atoms with Gasteiger partial charge in [0.2, 0.25) is 0 Å². The summed E-state index contributed by atoms with van der Waals surface area (Å²) < 4.78 is 16.5. The van der Waals surface area contributed by atoms with Gasteiger partial charge in [-0.15, -0.1) is 0 Å². The average Bonchev–Trinajstić information content (AvgIpc) is 3.14. The Labute approximate surface area is 189 Å². The molecular weight excluding hydrogens is 408 g/mol. The Kier molecular flexibility index (Phi) is 7.28. The van der Waals surface area contributed by atoms with Gasteiger partial charge < -0.3 is 19.5 Å². The molecule has 2 amide bonds. The lowest BCUT2D eigenvalue weighted by Gasteiger charge is -2.30. The van der Waals surface area contributed by atoms with Gasteiger partial charge in [0.05, 0.1) is 19.2 Å². The fourth-order valence-electron chi connectivity index (χ4n) is 3.97. The SMILES string of the molecule is COc1cccc([C@H]2[C@@H](NC(=O)OC(C)(C)C)CCN2C(=O)OCc2ccccc2)c1C. The number of carbonyl (C=O) groups is 2. The van der Waals surface area contributed by atoms with Gasteiger partial charge in [0.25, 0.3) is 0 Å². The van der Waals surface area contributed by atoms with Gasteiger partial charge >= 0.3 is 12.2 Å². The predicted octanol–water partition coefficient (Wildman–Crippen LogP) is 4.98. The number of benzene rings is 2. The molecule has 172 valence electrons. The molecule has 1 heterocycles. The van der Waals surface area contributed by atoms with Crippen molar-refractivity contribution >= 4 is 12.2 Å². The standard InChI is InChI=1S/C25H32N2O5/c1-17-19(12-9-13-21(17)30-5)22-20(26-23(28)32-25(2,3)4)14-15-27(22)24(29)31-16-18-10-7-6-8-11-18/h6-13,20,22H,14-16H2,1-5H3,(H,26,28)/t20-,22-/m0/s1. The van der Waals surface area contributed by atoms with Gasteiger partial charge in [-0.05, 0) is 56.9 Å². The summed E-state index contributed by atoms with van der Waals surface area (Å²) in [5, 5.41) is 2.96. The molecule has 7 nitrogen and oxygen atoms in total. The minimum Gasteiger partial charge on any atom is -0.496 e. The van der Waals surface area contributed by atoms with Crippen LogP contribution < -0.4 is 10.1 Å². The molecule has 32 heavy (non-hydrogen) atoms. The zero-order chi connectivity index (χ0) is 23.3. The van der Waals surface area contributed by atoms with E-state index in [9.17, 15) is 9.59 Å². The second-order valence-electron chi connectivity index (χ2n) is 8.89. The summed E-state index contributed by atoms with van der Waals surface area (Å²) in [4.78, 5) is 27.2. The Bertz CT molecular complexity index is 939. The summed E-state index contributed by atoms with van der Waals surface area (Å²) in [5.41, 5.74) is 2.12. The topological polar surface area (TPSA) is 77.1 Å². The lowest BCUT2D eigenvalue weighted by molar-refractivity contribution is 0.0481. The molecule has 2 aromatic rings. The number of likely N-dealkylation sites (tertiary alicyclic amines) is 1. The highest BCUT2D eigenvalue weighted by molar-refractivity contribution is 5.71. The largest absolute Gasteiger partial charge is 0.496 e. The highest BCUT2D eigenvalue weighted by Crippen LogP contribution is 2.37. The van der Waals surface area contributed by atoms with Crippen LogP contribution in [0.25, 0.3) is 0 Å². The number of hydrogen-bond donors (Lipinski definition) is 1. The van der Waals surface area contributed by atoms with Gasteiger partial charge in [-0.1, -0.05) is 42.5 Å². The van der Waals surface area contributed by atoms with Gasteiger partial charge in [-0.25, -0.2) is 9.59 Å². The number of ether oxygens (including phenoxy) is 3. The van der Waals surface area contributed by atoms with Crippen LogP contribution in [0.5, 0.6) is 5.75 Å². The van der Waals surface area contributed by atoms with Crippen molar-refractivity contribution < 1.29 is 23.8 Å². The third kappa shape index (κ3) is 5.72. The Hall–Kier alpha value is -3.22. The van der Waals surface area contributed by atoms with Crippen LogP contribution in [0.4, 0.5) is 9.59 Å². The molecule has 0 unspecified atom stereocenters. The first-order valence-corrected chi connectivity index (χ1v) is 10.8. The van der Waals surface area contributed by atoms with E-state index >= 15 is 0 Å². The molecule has 7 heteroatoms. The second kappa shape index (κ2) is 9.94. The zero-order valence-electron chi connectivity index (χ0n) is 19.4. The van der Waals surface area contributed by atoms with E-state index in [1.807, 2.05) is 76.2 Å². The van der Waals surface area contributed by atoms with E-state index in [2.05, 4.69) is 5.32 Å². The van der Waals surface area contributed by atoms with Crippen molar-refractivity contribution in [1.29, 1.82) is 0 Å². The number of hydrogen-bond acceptors (Lipinski definition) is 5. The number of carbonyl (C=O) groups excluding carboxylic acids is 2. The molecule has 0 radical (unpaired) electrons. The lowest BCUT2D eigenvalue weighted by Crippen LogP contribution is -2.43. The first-order valence-electron chi connectivity index (χ1n) is 10.8. The minimum atomic E-state index is -0.613. The van der Waals surface area contributed by atoms with Gasteiger partial charge in [-0.2, -0.15) is 0 Å². The maximum absolute atomic E-state index is 13.1. The smallest absolute Gasteiger partial charge is 0.410 e. The van der Waals surface area contributed by atoms with Crippen LogP contribution in [0.3, 0.4) is 0 Å². The Morgan fingerprint density at radius 2 is 1.81 bits per heavy atom. The Morgan fingerprint density at radius 1 is 1.09 bits per heavy atom. The molecule has 0 bridgehead atoms. The molecule has 3 rings (SSSR count). The van der Waals surface area contributed by atoms with Gasteiger partial charge in [0.1, 0.15) is 18.0 Å². The summed E-state index contributed by atoms with van der Waals surface area (Å²) in [5.74, 6) is 0.725. The van der Waals surface area contributed by atoms with Crippen LogP contribution in [0.2, 0.25) is 0 Å². The van der Waals surface area contributed by atoms with E-state index in [1.165, 1.54) is 0 Å². The molecule has 0 aliphatic carbocycles.